The Morgan fingerprint density at radius 2 is 2.09 bits per heavy atom. The van der Waals surface area contributed by atoms with Gasteiger partial charge in [0.05, 0.1) is 0 Å². The van der Waals surface area contributed by atoms with Gasteiger partial charge in [-0.2, -0.15) is 0 Å². The first-order chi connectivity index (χ1) is 10.8. The van der Waals surface area contributed by atoms with Crippen LogP contribution in [0, 0.1) is 0 Å². The van der Waals surface area contributed by atoms with Crippen molar-refractivity contribution in [2.75, 3.05) is 0 Å². The van der Waals surface area contributed by atoms with Crippen molar-refractivity contribution in [1.82, 2.24) is 15.3 Å². The molecule has 2 aromatic rings. The molecule has 22 heavy (non-hydrogen) atoms. The maximum atomic E-state index is 12.0. The average molecular weight is 297 g/mol. The van der Waals surface area contributed by atoms with E-state index < -0.39 is 0 Å². The molecule has 5 nitrogen and oxygen atoms in total. The number of aromatic amines is 1. The second-order valence-electron chi connectivity index (χ2n) is 6.23. The van der Waals surface area contributed by atoms with Gasteiger partial charge < -0.3 is 15.0 Å². The first-order valence-corrected chi connectivity index (χ1v) is 7.79. The summed E-state index contributed by atoms with van der Waals surface area (Å²) in [6, 6.07) is 9.68. The Balaban J connectivity index is 1.36. The van der Waals surface area contributed by atoms with E-state index in [1.54, 1.807) is 0 Å². The molecule has 0 saturated heterocycles. The van der Waals surface area contributed by atoms with E-state index in [2.05, 4.69) is 15.3 Å². The summed E-state index contributed by atoms with van der Waals surface area (Å²) >= 11 is 0. The number of imidazole rings is 1. The van der Waals surface area contributed by atoms with Gasteiger partial charge >= 0.3 is 6.09 Å². The Labute approximate surface area is 129 Å². The van der Waals surface area contributed by atoms with E-state index in [0.717, 1.165) is 24.2 Å². The van der Waals surface area contributed by atoms with Crippen molar-refractivity contribution < 1.29 is 9.53 Å². The van der Waals surface area contributed by atoms with Crippen LogP contribution in [0.3, 0.4) is 0 Å². The SMILES string of the molecule is O=C(NC1(c2ncc(C3CC3)[nH]2)CC1)OCc1ccccc1. The maximum absolute atomic E-state index is 12.0. The highest BCUT2D eigenvalue weighted by molar-refractivity contribution is 5.69. The molecule has 5 heteroatoms. The zero-order valence-electron chi connectivity index (χ0n) is 12.3. The summed E-state index contributed by atoms with van der Waals surface area (Å²) < 4.78 is 5.30. The first-order valence-electron chi connectivity index (χ1n) is 7.79. The van der Waals surface area contributed by atoms with Crippen LogP contribution in [-0.4, -0.2) is 16.1 Å². The van der Waals surface area contributed by atoms with Crippen LogP contribution >= 0.6 is 0 Å². The molecule has 2 fully saturated rings. The lowest BCUT2D eigenvalue weighted by atomic mass is 10.2. The van der Waals surface area contributed by atoms with Gasteiger partial charge in [-0.1, -0.05) is 30.3 Å². The fraction of sp³-hybridized carbons (Fsp3) is 0.412. The summed E-state index contributed by atoms with van der Waals surface area (Å²) in [7, 11) is 0. The van der Waals surface area contributed by atoms with E-state index in [0.29, 0.717) is 5.92 Å². The number of nitrogens with one attached hydrogen (secondary N) is 2. The van der Waals surface area contributed by atoms with Crippen LogP contribution in [0.4, 0.5) is 4.79 Å². The molecule has 0 aliphatic heterocycles. The molecule has 1 aromatic carbocycles. The normalized spacial score (nSPS) is 18.7. The number of hydrogen-bond donors (Lipinski definition) is 2. The highest BCUT2D eigenvalue weighted by Crippen LogP contribution is 2.46. The summed E-state index contributed by atoms with van der Waals surface area (Å²) in [5.74, 6) is 1.51. The number of aromatic nitrogens is 2. The third kappa shape index (κ3) is 2.71. The standard InChI is InChI=1S/C17H19N3O2/c21-16(22-11-12-4-2-1-3-5-12)20-17(8-9-17)15-18-10-14(19-15)13-6-7-13/h1-5,10,13H,6-9,11H2,(H,18,19)(H,20,21). The smallest absolute Gasteiger partial charge is 0.408 e. The summed E-state index contributed by atoms with van der Waals surface area (Å²) in [4.78, 5) is 19.9. The number of carbonyl (C=O) groups is 1. The number of amides is 1. The summed E-state index contributed by atoms with van der Waals surface area (Å²) in [6.45, 7) is 0.286. The van der Waals surface area contributed by atoms with Crippen molar-refractivity contribution in [3.63, 3.8) is 0 Å². The number of H-pyrrole nitrogens is 1. The Morgan fingerprint density at radius 1 is 1.32 bits per heavy atom. The van der Waals surface area contributed by atoms with Gasteiger partial charge in [0.2, 0.25) is 0 Å². The van der Waals surface area contributed by atoms with Gasteiger partial charge in [-0.15, -0.1) is 0 Å². The summed E-state index contributed by atoms with van der Waals surface area (Å²) in [5, 5.41) is 2.97. The van der Waals surface area contributed by atoms with Crippen molar-refractivity contribution in [1.29, 1.82) is 0 Å². The van der Waals surface area contributed by atoms with Gasteiger partial charge in [0.25, 0.3) is 0 Å². The van der Waals surface area contributed by atoms with Crippen LogP contribution in [0.5, 0.6) is 0 Å². The molecule has 1 aromatic heterocycles. The molecule has 1 amide bonds. The molecule has 0 atom stereocenters. The van der Waals surface area contributed by atoms with Crippen LogP contribution < -0.4 is 5.32 Å². The maximum Gasteiger partial charge on any atom is 0.408 e. The van der Waals surface area contributed by atoms with E-state index in [1.165, 1.54) is 18.5 Å². The van der Waals surface area contributed by atoms with Gasteiger partial charge in [0.1, 0.15) is 18.0 Å². The lowest BCUT2D eigenvalue weighted by Gasteiger charge is -2.15. The second kappa shape index (κ2) is 5.16. The molecule has 2 aliphatic rings. The van der Waals surface area contributed by atoms with Crippen molar-refractivity contribution in [2.45, 2.75) is 43.7 Å². The molecule has 0 unspecified atom stereocenters. The topological polar surface area (TPSA) is 67.0 Å². The molecule has 2 N–H and O–H groups in total. The number of benzene rings is 1. The molecule has 1 heterocycles. The van der Waals surface area contributed by atoms with Crippen molar-refractivity contribution in [2.24, 2.45) is 0 Å². The number of alkyl carbamates (subject to hydrolysis) is 1. The number of hydrogen-bond acceptors (Lipinski definition) is 3. The zero-order valence-corrected chi connectivity index (χ0v) is 12.3. The second-order valence-corrected chi connectivity index (χ2v) is 6.23. The van der Waals surface area contributed by atoms with E-state index in [-0.39, 0.29) is 18.2 Å². The number of ether oxygens (including phenoxy) is 1. The third-order valence-electron chi connectivity index (χ3n) is 4.37. The fourth-order valence-electron chi connectivity index (χ4n) is 2.68. The first kappa shape index (κ1) is 13.4. The Kier molecular flexibility index (Phi) is 3.13. The molecule has 0 spiro atoms. The molecule has 4 rings (SSSR count). The van der Waals surface area contributed by atoms with Gasteiger partial charge in [-0.25, -0.2) is 9.78 Å². The van der Waals surface area contributed by atoms with Crippen LogP contribution in [0.1, 0.15) is 48.7 Å². The summed E-state index contributed by atoms with van der Waals surface area (Å²) in [6.07, 6.45) is 5.81. The zero-order chi connectivity index (χ0) is 15.0. The predicted molar refractivity (Wildman–Crippen MR) is 81.2 cm³/mol. The molecular formula is C17H19N3O2. The molecule has 0 bridgehead atoms. The van der Waals surface area contributed by atoms with Gasteiger partial charge in [0, 0.05) is 17.8 Å². The third-order valence-corrected chi connectivity index (χ3v) is 4.37. The lowest BCUT2D eigenvalue weighted by Crippen LogP contribution is -2.36. The number of rotatable bonds is 5. The van der Waals surface area contributed by atoms with E-state index >= 15 is 0 Å². The Morgan fingerprint density at radius 3 is 2.77 bits per heavy atom. The molecule has 0 radical (unpaired) electrons. The quantitative estimate of drug-likeness (QED) is 0.890. The number of carbonyl (C=O) groups excluding carboxylic acids is 1. The van der Waals surface area contributed by atoms with Crippen LogP contribution in [0.2, 0.25) is 0 Å². The highest BCUT2D eigenvalue weighted by Gasteiger charge is 2.49. The van der Waals surface area contributed by atoms with E-state index in [4.69, 9.17) is 4.74 Å². The largest absolute Gasteiger partial charge is 0.445 e. The monoisotopic (exact) mass is 297 g/mol. The molecule has 2 aliphatic carbocycles. The average Bonchev–Trinajstić information content (AvgIpc) is 3.47. The van der Waals surface area contributed by atoms with Crippen LogP contribution in [-0.2, 0) is 16.9 Å². The van der Waals surface area contributed by atoms with Crippen molar-refractivity contribution >= 4 is 6.09 Å². The van der Waals surface area contributed by atoms with Gasteiger partial charge in [-0.05, 0) is 31.2 Å². The van der Waals surface area contributed by atoms with Crippen LogP contribution in [0.15, 0.2) is 36.5 Å². The predicted octanol–water partition coefficient (Wildman–Crippen LogP) is 3.20. The molecule has 114 valence electrons. The molecule has 2 saturated carbocycles. The minimum absolute atomic E-state index is 0.286. The minimum Gasteiger partial charge on any atom is -0.445 e. The lowest BCUT2D eigenvalue weighted by molar-refractivity contribution is 0.133. The Hall–Kier alpha value is -2.30. The molecular weight excluding hydrogens is 278 g/mol. The Bertz CT molecular complexity index is 672. The van der Waals surface area contributed by atoms with Gasteiger partial charge in [0.15, 0.2) is 0 Å². The summed E-state index contributed by atoms with van der Waals surface area (Å²) in [5.41, 5.74) is 1.83. The van der Waals surface area contributed by atoms with Crippen molar-refractivity contribution in [3.8, 4) is 0 Å². The fourth-order valence-corrected chi connectivity index (χ4v) is 2.68. The van der Waals surface area contributed by atoms with Crippen molar-refractivity contribution in [3.05, 3.63) is 53.6 Å². The number of nitrogens with zero attached hydrogens (tertiary/aromatic N) is 1. The van der Waals surface area contributed by atoms with Gasteiger partial charge in [-0.3, -0.25) is 0 Å². The minimum atomic E-state index is -0.384. The van der Waals surface area contributed by atoms with E-state index in [9.17, 15) is 4.79 Å². The van der Waals surface area contributed by atoms with E-state index in [1.807, 2.05) is 36.5 Å². The van der Waals surface area contributed by atoms with Crippen LogP contribution in [0.25, 0.3) is 0 Å². The highest BCUT2D eigenvalue weighted by atomic mass is 16.5.